The molecule has 4 rings (SSSR count). The number of likely N-dealkylation sites (tertiary alicyclic amines) is 1. The number of anilines is 3. The number of pyridine rings is 1. The number of carbonyl (C=O) groups excluding carboxylic acids is 2. The standard InChI is InChI=1S/C21H25N5O2/c1-14-13-15(10-12-24(14)2)25(3)21(28)26-18-9-5-4-7-16(18)20(27)23-17-8-6-11-22-19(17)26/h4-9,11,14-15H,10,12-13H2,1-3H3,(H,23,27)/t14-,15-/m0/s1. The van der Waals surface area contributed by atoms with Crippen molar-refractivity contribution in [2.75, 3.05) is 30.9 Å². The van der Waals surface area contributed by atoms with Gasteiger partial charge in [-0.15, -0.1) is 0 Å². The summed E-state index contributed by atoms with van der Waals surface area (Å²) in [6, 6.07) is 11.1. The molecule has 0 aliphatic carbocycles. The van der Waals surface area contributed by atoms with Crippen molar-refractivity contribution in [1.29, 1.82) is 0 Å². The minimum Gasteiger partial charge on any atom is -0.324 e. The average Bonchev–Trinajstić information content (AvgIpc) is 2.83. The highest BCUT2D eigenvalue weighted by atomic mass is 16.2. The van der Waals surface area contributed by atoms with Crippen LogP contribution in [0.5, 0.6) is 0 Å². The first-order valence-electron chi connectivity index (χ1n) is 9.60. The number of rotatable bonds is 1. The molecule has 2 aliphatic heterocycles. The van der Waals surface area contributed by atoms with E-state index in [1.165, 1.54) is 0 Å². The van der Waals surface area contributed by atoms with Gasteiger partial charge in [-0.05, 0) is 51.1 Å². The summed E-state index contributed by atoms with van der Waals surface area (Å²) in [5, 5.41) is 2.87. The molecule has 2 aromatic rings. The monoisotopic (exact) mass is 379 g/mol. The molecule has 0 unspecified atom stereocenters. The van der Waals surface area contributed by atoms with Crippen LogP contribution in [-0.4, -0.2) is 59.4 Å². The highest BCUT2D eigenvalue weighted by molar-refractivity contribution is 6.16. The van der Waals surface area contributed by atoms with E-state index in [9.17, 15) is 9.59 Å². The van der Waals surface area contributed by atoms with Crippen molar-refractivity contribution in [2.45, 2.75) is 31.8 Å². The Labute approximate surface area is 164 Å². The summed E-state index contributed by atoms with van der Waals surface area (Å²) in [5.74, 6) is 0.203. The van der Waals surface area contributed by atoms with Crippen molar-refractivity contribution in [3.8, 4) is 0 Å². The number of benzene rings is 1. The molecule has 7 nitrogen and oxygen atoms in total. The van der Waals surface area contributed by atoms with E-state index in [0.717, 1.165) is 19.4 Å². The number of para-hydroxylation sites is 1. The lowest BCUT2D eigenvalue weighted by atomic mass is 9.98. The quantitative estimate of drug-likeness (QED) is 0.825. The molecule has 2 aliphatic rings. The lowest BCUT2D eigenvalue weighted by Gasteiger charge is -2.40. The number of fused-ring (bicyclic) bond motifs is 2. The van der Waals surface area contributed by atoms with Crippen LogP contribution in [0, 0.1) is 0 Å². The predicted octanol–water partition coefficient (Wildman–Crippen LogP) is 3.32. The second-order valence-electron chi connectivity index (χ2n) is 7.58. The molecule has 7 heteroatoms. The van der Waals surface area contributed by atoms with Crippen LogP contribution in [0.15, 0.2) is 42.6 Å². The van der Waals surface area contributed by atoms with E-state index in [-0.39, 0.29) is 18.0 Å². The summed E-state index contributed by atoms with van der Waals surface area (Å²) >= 11 is 0. The van der Waals surface area contributed by atoms with Gasteiger partial charge in [0.05, 0.1) is 16.9 Å². The van der Waals surface area contributed by atoms with E-state index in [0.29, 0.717) is 28.8 Å². The molecule has 28 heavy (non-hydrogen) atoms. The van der Waals surface area contributed by atoms with Crippen molar-refractivity contribution >= 4 is 29.1 Å². The van der Waals surface area contributed by atoms with E-state index in [1.807, 2.05) is 13.1 Å². The number of hydrogen-bond donors (Lipinski definition) is 1. The second-order valence-corrected chi connectivity index (χ2v) is 7.58. The van der Waals surface area contributed by atoms with Crippen LogP contribution in [-0.2, 0) is 0 Å². The van der Waals surface area contributed by atoms with Gasteiger partial charge in [0.15, 0.2) is 5.82 Å². The molecule has 0 saturated carbocycles. The van der Waals surface area contributed by atoms with Gasteiger partial charge in [-0.2, -0.15) is 0 Å². The third-order valence-electron chi connectivity index (χ3n) is 5.86. The molecule has 1 aromatic heterocycles. The first-order valence-corrected chi connectivity index (χ1v) is 9.60. The Morgan fingerprint density at radius 1 is 1.25 bits per heavy atom. The van der Waals surface area contributed by atoms with Crippen LogP contribution in [0.2, 0.25) is 0 Å². The summed E-state index contributed by atoms with van der Waals surface area (Å²) in [4.78, 5) is 36.4. The summed E-state index contributed by atoms with van der Waals surface area (Å²) in [6.45, 7) is 3.14. The third kappa shape index (κ3) is 3.11. The fourth-order valence-electron chi connectivity index (χ4n) is 3.96. The second kappa shape index (κ2) is 7.24. The molecule has 0 bridgehead atoms. The molecular formula is C21H25N5O2. The number of carbonyl (C=O) groups is 2. The maximum atomic E-state index is 13.6. The van der Waals surface area contributed by atoms with Crippen LogP contribution < -0.4 is 10.2 Å². The number of urea groups is 1. The van der Waals surface area contributed by atoms with Crippen LogP contribution in [0.25, 0.3) is 0 Å². The number of aromatic nitrogens is 1. The van der Waals surface area contributed by atoms with Gasteiger partial charge < -0.3 is 15.1 Å². The Morgan fingerprint density at radius 3 is 2.82 bits per heavy atom. The topological polar surface area (TPSA) is 68.8 Å². The van der Waals surface area contributed by atoms with E-state index in [2.05, 4.69) is 29.2 Å². The van der Waals surface area contributed by atoms with Gasteiger partial charge in [-0.3, -0.25) is 4.79 Å². The number of hydrogen-bond acceptors (Lipinski definition) is 4. The van der Waals surface area contributed by atoms with E-state index in [1.54, 1.807) is 46.3 Å². The van der Waals surface area contributed by atoms with Crippen LogP contribution in [0.3, 0.4) is 0 Å². The van der Waals surface area contributed by atoms with E-state index < -0.39 is 0 Å². The Kier molecular flexibility index (Phi) is 4.77. The molecule has 1 fully saturated rings. The Morgan fingerprint density at radius 2 is 2.04 bits per heavy atom. The number of piperidine rings is 1. The average molecular weight is 379 g/mol. The molecule has 146 valence electrons. The predicted molar refractivity (Wildman–Crippen MR) is 109 cm³/mol. The summed E-state index contributed by atoms with van der Waals surface area (Å²) in [5.41, 5.74) is 1.54. The first-order chi connectivity index (χ1) is 13.5. The Hall–Kier alpha value is -2.93. The molecule has 1 aromatic carbocycles. The SMILES string of the molecule is C[C@H]1C[C@@H](N(C)C(=O)N2c3ccccc3C(=O)Nc3cccnc32)CCN1C. The number of nitrogens with one attached hydrogen (secondary N) is 1. The molecular weight excluding hydrogens is 354 g/mol. The van der Waals surface area contributed by atoms with Gasteiger partial charge in [0.25, 0.3) is 5.91 Å². The van der Waals surface area contributed by atoms with Gasteiger partial charge in [0, 0.05) is 31.9 Å². The molecule has 0 radical (unpaired) electrons. The summed E-state index contributed by atoms with van der Waals surface area (Å²) in [6.07, 6.45) is 3.47. The lowest BCUT2D eigenvalue weighted by Crippen LogP contribution is -2.51. The smallest absolute Gasteiger partial charge is 0.324 e. The zero-order chi connectivity index (χ0) is 19.8. The Bertz CT molecular complexity index is 915. The maximum Gasteiger partial charge on any atom is 0.330 e. The number of nitrogens with zero attached hydrogens (tertiary/aromatic N) is 4. The summed E-state index contributed by atoms with van der Waals surface area (Å²) in [7, 11) is 3.96. The fourth-order valence-corrected chi connectivity index (χ4v) is 3.96. The molecule has 3 amide bonds. The van der Waals surface area contributed by atoms with Crippen LogP contribution >= 0.6 is 0 Å². The molecule has 3 heterocycles. The highest BCUT2D eigenvalue weighted by Gasteiger charge is 2.35. The van der Waals surface area contributed by atoms with E-state index >= 15 is 0 Å². The van der Waals surface area contributed by atoms with E-state index in [4.69, 9.17) is 0 Å². The molecule has 0 spiro atoms. The molecule has 1 saturated heterocycles. The number of amides is 3. The molecule has 2 atom stereocenters. The van der Waals surface area contributed by atoms with Crippen molar-refractivity contribution in [3.63, 3.8) is 0 Å². The van der Waals surface area contributed by atoms with Crippen molar-refractivity contribution < 1.29 is 9.59 Å². The zero-order valence-corrected chi connectivity index (χ0v) is 16.4. The van der Waals surface area contributed by atoms with Gasteiger partial charge in [0.1, 0.15) is 0 Å². The third-order valence-corrected chi connectivity index (χ3v) is 5.86. The summed E-state index contributed by atoms with van der Waals surface area (Å²) < 4.78 is 0. The van der Waals surface area contributed by atoms with Gasteiger partial charge in [-0.25, -0.2) is 14.7 Å². The lowest BCUT2D eigenvalue weighted by molar-refractivity contribution is 0.102. The van der Waals surface area contributed by atoms with Crippen LogP contribution in [0.1, 0.15) is 30.1 Å². The highest BCUT2D eigenvalue weighted by Crippen LogP contribution is 2.37. The largest absolute Gasteiger partial charge is 0.330 e. The fraction of sp³-hybridized carbons (Fsp3) is 0.381. The van der Waals surface area contributed by atoms with Crippen molar-refractivity contribution in [3.05, 3.63) is 48.2 Å². The normalized spacial score (nSPS) is 22.0. The van der Waals surface area contributed by atoms with Crippen molar-refractivity contribution in [2.24, 2.45) is 0 Å². The minimum absolute atomic E-state index is 0.143. The molecule has 1 N–H and O–H groups in total. The van der Waals surface area contributed by atoms with Crippen LogP contribution in [0.4, 0.5) is 22.0 Å². The maximum absolute atomic E-state index is 13.6. The van der Waals surface area contributed by atoms with Gasteiger partial charge >= 0.3 is 6.03 Å². The van der Waals surface area contributed by atoms with Crippen molar-refractivity contribution in [1.82, 2.24) is 14.8 Å². The first kappa shape index (κ1) is 18.4. The Balaban J connectivity index is 1.75. The zero-order valence-electron chi connectivity index (χ0n) is 16.4. The minimum atomic E-state index is -0.240. The van der Waals surface area contributed by atoms with Gasteiger partial charge in [0.2, 0.25) is 0 Å². The van der Waals surface area contributed by atoms with Gasteiger partial charge in [-0.1, -0.05) is 12.1 Å².